The zero-order valence-corrected chi connectivity index (χ0v) is 24.0. The van der Waals surface area contributed by atoms with Crippen LogP contribution in [0.1, 0.15) is 72.6 Å². The van der Waals surface area contributed by atoms with E-state index in [1.165, 1.54) is 0 Å². The molecule has 0 radical (unpaired) electrons. The van der Waals surface area contributed by atoms with Crippen LogP contribution in [0.3, 0.4) is 0 Å². The van der Waals surface area contributed by atoms with Gasteiger partial charge in [-0.05, 0) is 75.8 Å². The Kier molecular flexibility index (Phi) is 8.84. The summed E-state index contributed by atoms with van der Waals surface area (Å²) in [5.41, 5.74) is 1.51. The molecule has 0 saturated carbocycles. The third-order valence-corrected chi connectivity index (χ3v) is 8.81. The number of para-hydroxylation sites is 1. The van der Waals surface area contributed by atoms with Crippen LogP contribution in [0.15, 0.2) is 42.5 Å². The minimum Gasteiger partial charge on any atom is -0.491 e. The molecular weight excluding hydrogens is 528 g/mol. The Balaban J connectivity index is 1.26. The highest BCUT2D eigenvalue weighted by Gasteiger charge is 2.42. The maximum Gasteiger partial charge on any atom is 0.255 e. The van der Waals surface area contributed by atoms with E-state index in [1.807, 2.05) is 36.1 Å². The zero-order valence-electron chi connectivity index (χ0n) is 23.2. The third kappa shape index (κ3) is 6.22. The van der Waals surface area contributed by atoms with Gasteiger partial charge in [-0.2, -0.15) is 0 Å². The molecule has 2 aromatic rings. The van der Waals surface area contributed by atoms with Crippen LogP contribution in [0.25, 0.3) is 0 Å². The number of carbonyl (C=O) groups excluding carboxylic acids is 3. The number of fused-ring (bicyclic) bond motifs is 1. The lowest BCUT2D eigenvalue weighted by molar-refractivity contribution is -0.135. The fourth-order valence-corrected chi connectivity index (χ4v) is 6.29. The third-order valence-electron chi connectivity index (χ3n) is 8.49. The van der Waals surface area contributed by atoms with Crippen molar-refractivity contribution < 1.29 is 19.1 Å². The molecule has 5 rings (SSSR count). The molecule has 0 bridgehead atoms. The highest BCUT2D eigenvalue weighted by Crippen LogP contribution is 2.38. The zero-order chi connectivity index (χ0) is 28.1. The quantitative estimate of drug-likeness (QED) is 0.552. The number of ether oxygens (including phenoxy) is 1. The molecule has 0 unspecified atom stereocenters. The first-order chi connectivity index (χ1) is 19.4. The molecule has 3 aliphatic heterocycles. The molecule has 214 valence electrons. The van der Waals surface area contributed by atoms with E-state index in [2.05, 4.69) is 15.5 Å². The number of halogens is 1. The minimum absolute atomic E-state index is 0.0172. The summed E-state index contributed by atoms with van der Waals surface area (Å²) in [4.78, 5) is 44.0. The minimum atomic E-state index is -0.558. The van der Waals surface area contributed by atoms with Crippen LogP contribution in [0, 0.1) is 5.41 Å². The number of hydrogen-bond donors (Lipinski definition) is 2. The van der Waals surface area contributed by atoms with E-state index in [1.54, 1.807) is 18.2 Å². The molecule has 2 fully saturated rings. The van der Waals surface area contributed by atoms with Gasteiger partial charge in [-0.1, -0.05) is 30.2 Å². The van der Waals surface area contributed by atoms with Gasteiger partial charge in [0, 0.05) is 38.3 Å². The van der Waals surface area contributed by atoms with Crippen LogP contribution in [0.4, 0.5) is 5.69 Å². The first-order valence-corrected chi connectivity index (χ1v) is 14.9. The largest absolute Gasteiger partial charge is 0.491 e. The molecule has 8 nitrogen and oxygen atoms in total. The van der Waals surface area contributed by atoms with Crippen LogP contribution < -0.4 is 20.3 Å². The highest BCUT2D eigenvalue weighted by atomic mass is 35.5. The lowest BCUT2D eigenvalue weighted by atomic mass is 9.73. The van der Waals surface area contributed by atoms with Crippen LogP contribution in [-0.2, 0) is 4.79 Å². The van der Waals surface area contributed by atoms with Crippen LogP contribution in [0.5, 0.6) is 5.75 Å². The number of hydrogen-bond acceptors (Lipinski definition) is 5. The maximum absolute atomic E-state index is 13.7. The Labute approximate surface area is 241 Å². The first-order valence-electron chi connectivity index (χ1n) is 14.5. The molecule has 9 heteroatoms. The number of nitrogens with one attached hydrogen (secondary N) is 2. The Morgan fingerprint density at radius 2 is 1.73 bits per heavy atom. The normalized spacial score (nSPS) is 22.1. The monoisotopic (exact) mass is 566 g/mol. The van der Waals surface area contributed by atoms with Gasteiger partial charge >= 0.3 is 0 Å². The van der Waals surface area contributed by atoms with Crippen molar-refractivity contribution in [2.24, 2.45) is 5.41 Å². The van der Waals surface area contributed by atoms with Crippen molar-refractivity contribution in [3.63, 3.8) is 0 Å². The number of nitrogens with zero attached hydrogens (tertiary/aromatic N) is 2. The molecule has 1 spiro atoms. The van der Waals surface area contributed by atoms with E-state index in [9.17, 15) is 14.4 Å². The summed E-state index contributed by atoms with van der Waals surface area (Å²) in [6.45, 7) is 5.65. The molecule has 3 aliphatic rings. The van der Waals surface area contributed by atoms with Gasteiger partial charge in [0.25, 0.3) is 11.8 Å². The summed E-state index contributed by atoms with van der Waals surface area (Å²) in [5.74, 6) is 0.361. The number of benzene rings is 2. The lowest BCUT2D eigenvalue weighted by Gasteiger charge is -2.41. The van der Waals surface area contributed by atoms with Crippen molar-refractivity contribution in [3.8, 4) is 5.75 Å². The van der Waals surface area contributed by atoms with Gasteiger partial charge in [-0.3, -0.25) is 14.4 Å². The smallest absolute Gasteiger partial charge is 0.255 e. The van der Waals surface area contributed by atoms with E-state index < -0.39 is 5.41 Å². The molecular formula is C31H39ClN4O4. The van der Waals surface area contributed by atoms with Crippen LogP contribution in [-0.4, -0.2) is 68.0 Å². The summed E-state index contributed by atoms with van der Waals surface area (Å²) >= 11 is 6.48. The van der Waals surface area contributed by atoms with E-state index in [0.29, 0.717) is 60.8 Å². The highest BCUT2D eigenvalue weighted by molar-refractivity contribution is 6.33. The predicted octanol–water partition coefficient (Wildman–Crippen LogP) is 4.66. The number of carbonyl (C=O) groups is 3. The average Bonchev–Trinajstić information content (AvgIpc) is 3.50. The summed E-state index contributed by atoms with van der Waals surface area (Å²) in [7, 11) is 0. The topological polar surface area (TPSA) is 91.0 Å². The summed E-state index contributed by atoms with van der Waals surface area (Å²) < 4.78 is 5.95. The molecule has 2 N–H and O–H groups in total. The summed E-state index contributed by atoms with van der Waals surface area (Å²) in [5, 5.41) is 6.83. The number of piperidine rings is 1. The van der Waals surface area contributed by atoms with Gasteiger partial charge in [-0.25, -0.2) is 0 Å². The Bertz CT molecular complexity index is 1240. The molecule has 0 aliphatic carbocycles. The van der Waals surface area contributed by atoms with Gasteiger partial charge in [0.2, 0.25) is 5.91 Å². The second-order valence-corrected chi connectivity index (χ2v) is 11.7. The van der Waals surface area contributed by atoms with Crippen LogP contribution >= 0.6 is 11.6 Å². The first kappa shape index (κ1) is 28.3. The fourth-order valence-electron chi connectivity index (χ4n) is 6.06. The van der Waals surface area contributed by atoms with Crippen molar-refractivity contribution in [2.75, 3.05) is 44.2 Å². The van der Waals surface area contributed by atoms with E-state index in [-0.39, 0.29) is 30.4 Å². The lowest BCUT2D eigenvalue weighted by Crippen LogP contribution is -2.52. The van der Waals surface area contributed by atoms with Crippen molar-refractivity contribution >= 4 is 35.0 Å². The van der Waals surface area contributed by atoms with E-state index in [4.69, 9.17) is 16.3 Å². The number of amides is 3. The van der Waals surface area contributed by atoms with E-state index >= 15 is 0 Å². The molecule has 2 aromatic carbocycles. The summed E-state index contributed by atoms with van der Waals surface area (Å²) in [6, 6.07) is 12.5. The predicted molar refractivity (Wildman–Crippen MR) is 156 cm³/mol. The van der Waals surface area contributed by atoms with Crippen molar-refractivity contribution in [2.45, 2.75) is 57.9 Å². The van der Waals surface area contributed by atoms with Gasteiger partial charge in [0.05, 0.1) is 27.7 Å². The van der Waals surface area contributed by atoms with E-state index in [0.717, 1.165) is 44.5 Å². The molecule has 0 aromatic heterocycles. The fraction of sp³-hybridized carbons (Fsp3) is 0.516. The van der Waals surface area contributed by atoms with Gasteiger partial charge in [0.15, 0.2) is 0 Å². The average molecular weight is 567 g/mol. The maximum atomic E-state index is 13.7. The van der Waals surface area contributed by atoms with Gasteiger partial charge in [0.1, 0.15) is 12.4 Å². The van der Waals surface area contributed by atoms with Gasteiger partial charge in [-0.15, -0.1) is 0 Å². The second-order valence-electron chi connectivity index (χ2n) is 11.3. The second kappa shape index (κ2) is 12.5. The number of rotatable bonds is 2. The van der Waals surface area contributed by atoms with Crippen molar-refractivity contribution in [1.29, 1.82) is 0 Å². The van der Waals surface area contributed by atoms with Crippen LogP contribution in [0.2, 0.25) is 5.02 Å². The number of anilines is 1. The molecule has 3 heterocycles. The molecule has 40 heavy (non-hydrogen) atoms. The number of likely N-dealkylation sites (tertiary alicyclic amines) is 1. The molecule has 2 saturated heterocycles. The Morgan fingerprint density at radius 3 is 2.50 bits per heavy atom. The molecule has 1 atom stereocenters. The van der Waals surface area contributed by atoms with Crippen molar-refractivity contribution in [3.05, 3.63) is 58.6 Å². The molecule has 3 amide bonds. The standard InChI is InChI=1S/C31H39ClN4O4/c1-22-21-40-27-9-3-2-8-24(27)28(37)33-15-5-4-12-31(30(39)34-22)13-18-36(19-14-31)29(38)23-10-11-25(32)26(20-23)35-16-6-7-17-35/h2-3,8-11,20,22H,4-7,12-19,21H2,1H3,(H,33,37)(H,34,39)/t22-/m1/s1. The van der Waals surface area contributed by atoms with Crippen molar-refractivity contribution in [1.82, 2.24) is 15.5 Å². The Morgan fingerprint density at radius 1 is 0.975 bits per heavy atom. The summed E-state index contributed by atoms with van der Waals surface area (Å²) in [6.07, 6.45) is 5.75. The SMILES string of the molecule is C[C@@H]1COc2ccccc2C(=O)NCCCCC2(CCN(C(=O)c3ccc(Cl)c(N4CCCC4)c3)CC2)C(=O)N1. The Hall–Kier alpha value is -3.26. The van der Waals surface area contributed by atoms with Gasteiger partial charge < -0.3 is 25.2 Å².